The summed E-state index contributed by atoms with van der Waals surface area (Å²) < 4.78 is 5.18. The molecule has 2 heterocycles. The summed E-state index contributed by atoms with van der Waals surface area (Å²) in [6.45, 7) is 2.33. The van der Waals surface area contributed by atoms with Gasteiger partial charge < -0.3 is 9.64 Å². The SMILES string of the molecule is O=[N+]([O-])Nc1nc(Cl)nc(N2CCOCC2)n1. The van der Waals surface area contributed by atoms with Gasteiger partial charge in [-0.15, -0.1) is 0 Å². The van der Waals surface area contributed by atoms with Crippen LogP contribution in [0.3, 0.4) is 0 Å². The summed E-state index contributed by atoms with van der Waals surface area (Å²) in [4.78, 5) is 23.5. The van der Waals surface area contributed by atoms with Crippen molar-refractivity contribution in [1.82, 2.24) is 15.0 Å². The number of hydrazine groups is 1. The van der Waals surface area contributed by atoms with Crippen molar-refractivity contribution in [3.05, 3.63) is 15.4 Å². The van der Waals surface area contributed by atoms with Gasteiger partial charge in [-0.25, -0.2) is 10.1 Å². The fraction of sp³-hybridized carbons (Fsp3) is 0.571. The van der Waals surface area contributed by atoms with Crippen molar-refractivity contribution in [1.29, 1.82) is 0 Å². The van der Waals surface area contributed by atoms with Gasteiger partial charge in [0.15, 0.2) is 5.03 Å². The number of hydrogen-bond donors (Lipinski definition) is 1. The van der Waals surface area contributed by atoms with Crippen molar-refractivity contribution >= 4 is 23.5 Å². The van der Waals surface area contributed by atoms with Crippen LogP contribution < -0.4 is 10.3 Å². The van der Waals surface area contributed by atoms with Crippen LogP contribution in [0.4, 0.5) is 11.9 Å². The lowest BCUT2D eigenvalue weighted by atomic mass is 10.4. The highest BCUT2D eigenvalue weighted by molar-refractivity contribution is 6.28. The molecular formula is C7H9ClN6O3. The van der Waals surface area contributed by atoms with Gasteiger partial charge in [0.25, 0.3) is 5.95 Å². The van der Waals surface area contributed by atoms with Crippen LogP contribution in [0.1, 0.15) is 0 Å². The number of hydrogen-bond acceptors (Lipinski definition) is 7. The first kappa shape index (κ1) is 11.7. The van der Waals surface area contributed by atoms with Gasteiger partial charge in [0, 0.05) is 13.1 Å². The van der Waals surface area contributed by atoms with Gasteiger partial charge in [0.05, 0.1) is 13.2 Å². The van der Waals surface area contributed by atoms with Crippen LogP contribution in [0.5, 0.6) is 0 Å². The lowest BCUT2D eigenvalue weighted by molar-refractivity contribution is -0.446. The molecule has 1 aliphatic rings. The number of nitrogens with one attached hydrogen (secondary N) is 1. The molecule has 9 nitrogen and oxygen atoms in total. The smallest absolute Gasteiger partial charge is 0.291 e. The minimum absolute atomic E-state index is 0.0918. The Kier molecular flexibility index (Phi) is 3.49. The van der Waals surface area contributed by atoms with Crippen LogP contribution in [0, 0.1) is 10.1 Å². The van der Waals surface area contributed by atoms with Crippen LogP contribution in [0.15, 0.2) is 0 Å². The summed E-state index contributed by atoms with van der Waals surface area (Å²) in [5.41, 5.74) is 1.84. The highest BCUT2D eigenvalue weighted by Gasteiger charge is 2.17. The molecule has 0 atom stereocenters. The summed E-state index contributed by atoms with van der Waals surface area (Å²) in [5, 5.41) is 9.44. The van der Waals surface area contributed by atoms with Crippen molar-refractivity contribution in [3.63, 3.8) is 0 Å². The predicted octanol–water partition coefficient (Wildman–Crippen LogP) is -0.0348. The van der Waals surface area contributed by atoms with E-state index >= 15 is 0 Å². The number of aromatic nitrogens is 3. The first-order valence-corrected chi connectivity index (χ1v) is 5.18. The van der Waals surface area contributed by atoms with Crippen molar-refractivity contribution in [2.24, 2.45) is 0 Å². The molecule has 1 fully saturated rings. The number of anilines is 2. The summed E-state index contributed by atoms with van der Waals surface area (Å²) >= 11 is 5.67. The molecule has 17 heavy (non-hydrogen) atoms. The molecule has 1 aromatic heterocycles. The van der Waals surface area contributed by atoms with Crippen molar-refractivity contribution < 1.29 is 9.77 Å². The van der Waals surface area contributed by atoms with Gasteiger partial charge in [0.2, 0.25) is 11.2 Å². The van der Waals surface area contributed by atoms with Crippen molar-refractivity contribution in [3.8, 4) is 0 Å². The highest BCUT2D eigenvalue weighted by Crippen LogP contribution is 2.14. The molecular weight excluding hydrogens is 252 g/mol. The lowest BCUT2D eigenvalue weighted by Gasteiger charge is -2.26. The van der Waals surface area contributed by atoms with Crippen LogP contribution in [-0.4, -0.2) is 46.3 Å². The largest absolute Gasteiger partial charge is 0.378 e. The molecule has 1 aromatic rings. The molecule has 0 saturated carbocycles. The average molecular weight is 261 g/mol. The molecule has 0 spiro atoms. The standard InChI is InChI=1S/C7H9ClN6O3/c8-5-9-6(12-14(15)16)11-7(10-5)13-1-3-17-4-2-13/h1-4H2,(H,9,10,11,12). The molecule has 1 N–H and O–H groups in total. The Balaban J connectivity index is 2.20. The summed E-state index contributed by atoms with van der Waals surface area (Å²) in [6.07, 6.45) is 0. The molecule has 0 amide bonds. The van der Waals surface area contributed by atoms with Gasteiger partial charge in [-0.05, 0) is 11.6 Å². The minimum Gasteiger partial charge on any atom is -0.378 e. The summed E-state index contributed by atoms with van der Waals surface area (Å²) in [7, 11) is 0. The average Bonchev–Trinajstić information content (AvgIpc) is 2.28. The molecule has 0 aromatic carbocycles. The van der Waals surface area contributed by atoms with Gasteiger partial charge in [-0.2, -0.15) is 15.0 Å². The number of ether oxygens (including phenoxy) is 1. The number of morpholine rings is 1. The predicted molar refractivity (Wildman–Crippen MR) is 58.5 cm³/mol. The third-order valence-corrected chi connectivity index (χ3v) is 2.25. The highest BCUT2D eigenvalue weighted by atomic mass is 35.5. The van der Waals surface area contributed by atoms with Crippen molar-refractivity contribution in [2.45, 2.75) is 0 Å². The molecule has 92 valence electrons. The Labute approximate surface area is 101 Å². The quantitative estimate of drug-likeness (QED) is 0.596. The Morgan fingerprint density at radius 2 is 2.06 bits per heavy atom. The van der Waals surface area contributed by atoms with E-state index in [0.29, 0.717) is 32.3 Å². The Morgan fingerprint density at radius 3 is 2.71 bits per heavy atom. The topological polar surface area (TPSA) is 106 Å². The maximum atomic E-state index is 10.3. The van der Waals surface area contributed by atoms with Gasteiger partial charge in [0.1, 0.15) is 0 Å². The summed E-state index contributed by atoms with van der Waals surface area (Å²) in [5.74, 6) is 0.120. The van der Waals surface area contributed by atoms with Crippen LogP contribution in [-0.2, 0) is 4.74 Å². The second kappa shape index (κ2) is 5.06. The number of rotatable bonds is 3. The Hall–Kier alpha value is -1.74. The Morgan fingerprint density at radius 1 is 1.35 bits per heavy atom. The first-order valence-electron chi connectivity index (χ1n) is 4.80. The molecule has 0 aliphatic carbocycles. The zero-order valence-electron chi connectivity index (χ0n) is 8.67. The van der Waals surface area contributed by atoms with E-state index in [1.165, 1.54) is 0 Å². The third-order valence-electron chi connectivity index (χ3n) is 2.08. The molecule has 1 aliphatic heterocycles. The number of halogens is 1. The second-order valence-corrected chi connectivity index (χ2v) is 3.53. The van der Waals surface area contributed by atoms with E-state index in [2.05, 4.69) is 15.0 Å². The zero-order valence-corrected chi connectivity index (χ0v) is 9.42. The van der Waals surface area contributed by atoms with Gasteiger partial charge in [-0.3, -0.25) is 0 Å². The van der Waals surface area contributed by atoms with E-state index in [4.69, 9.17) is 16.3 Å². The van der Waals surface area contributed by atoms with Crippen LogP contribution >= 0.6 is 11.6 Å². The van der Waals surface area contributed by atoms with E-state index in [-0.39, 0.29) is 11.2 Å². The van der Waals surface area contributed by atoms with E-state index in [9.17, 15) is 10.1 Å². The van der Waals surface area contributed by atoms with Crippen LogP contribution in [0.25, 0.3) is 0 Å². The van der Waals surface area contributed by atoms with E-state index in [1.807, 2.05) is 10.3 Å². The molecule has 0 unspecified atom stereocenters. The zero-order chi connectivity index (χ0) is 12.3. The second-order valence-electron chi connectivity index (χ2n) is 3.20. The molecule has 1 saturated heterocycles. The maximum absolute atomic E-state index is 10.3. The minimum atomic E-state index is -0.755. The Bertz CT molecular complexity index is 424. The molecule has 10 heteroatoms. The van der Waals surface area contributed by atoms with Gasteiger partial charge in [-0.1, -0.05) is 5.43 Å². The first-order chi connectivity index (χ1) is 8.15. The fourth-order valence-electron chi connectivity index (χ4n) is 1.38. The fourth-order valence-corrected chi connectivity index (χ4v) is 1.53. The van der Waals surface area contributed by atoms with E-state index in [0.717, 1.165) is 0 Å². The van der Waals surface area contributed by atoms with Crippen molar-refractivity contribution in [2.75, 3.05) is 36.6 Å². The van der Waals surface area contributed by atoms with E-state index in [1.54, 1.807) is 0 Å². The number of nitrogens with zero attached hydrogens (tertiary/aromatic N) is 5. The van der Waals surface area contributed by atoms with Crippen LogP contribution in [0.2, 0.25) is 5.28 Å². The molecule has 0 radical (unpaired) electrons. The molecule has 2 rings (SSSR count). The third kappa shape index (κ3) is 3.11. The maximum Gasteiger partial charge on any atom is 0.291 e. The summed E-state index contributed by atoms with van der Waals surface area (Å²) in [6, 6.07) is 0. The lowest BCUT2D eigenvalue weighted by Crippen LogP contribution is -2.37. The van der Waals surface area contributed by atoms with E-state index < -0.39 is 5.03 Å². The monoisotopic (exact) mass is 260 g/mol. The van der Waals surface area contributed by atoms with Gasteiger partial charge >= 0.3 is 0 Å². The normalized spacial score (nSPS) is 15.7. The number of nitro groups is 1. The molecule has 0 bridgehead atoms.